The number of carbonyl (C=O) groups excluding carboxylic acids is 1. The van der Waals surface area contributed by atoms with E-state index in [2.05, 4.69) is 22.5 Å². The number of amides is 1. The molecule has 1 aliphatic heterocycles. The molecule has 0 bridgehead atoms. The van der Waals surface area contributed by atoms with Crippen LogP contribution in [0.1, 0.15) is 36.1 Å². The molecule has 0 aliphatic carbocycles. The van der Waals surface area contributed by atoms with E-state index in [1.165, 1.54) is 4.88 Å². The Labute approximate surface area is 151 Å². The Kier molecular flexibility index (Phi) is 4.65. The summed E-state index contributed by atoms with van der Waals surface area (Å²) < 4.78 is 5.80. The van der Waals surface area contributed by atoms with Gasteiger partial charge in [-0.1, -0.05) is 36.4 Å². The summed E-state index contributed by atoms with van der Waals surface area (Å²) >= 11 is 1.73. The van der Waals surface area contributed by atoms with E-state index in [0.717, 1.165) is 30.7 Å². The lowest BCUT2D eigenvalue weighted by Gasteiger charge is -2.23. The zero-order chi connectivity index (χ0) is 17.1. The number of rotatable bonds is 5. The monoisotopic (exact) mass is 352 g/mol. The van der Waals surface area contributed by atoms with Gasteiger partial charge in [-0.2, -0.15) is 0 Å². The summed E-state index contributed by atoms with van der Waals surface area (Å²) in [7, 11) is 0. The highest BCUT2D eigenvalue weighted by molar-refractivity contribution is 7.10. The van der Waals surface area contributed by atoms with Crippen LogP contribution in [0.4, 0.5) is 0 Å². The average molecular weight is 352 g/mol. The van der Waals surface area contributed by atoms with Crippen LogP contribution in [0.2, 0.25) is 0 Å². The molecule has 4 rings (SSSR count). The summed E-state index contributed by atoms with van der Waals surface area (Å²) in [4.78, 5) is 20.3. The van der Waals surface area contributed by atoms with Crippen LogP contribution >= 0.6 is 11.3 Å². The van der Waals surface area contributed by atoms with Gasteiger partial charge in [0, 0.05) is 29.8 Å². The van der Waals surface area contributed by atoms with Crippen molar-refractivity contribution in [3.63, 3.8) is 0 Å². The van der Waals surface area contributed by atoms with Crippen molar-refractivity contribution in [1.29, 1.82) is 0 Å². The fourth-order valence-electron chi connectivity index (χ4n) is 3.36. The number of likely N-dealkylation sites (tertiary alicyclic amines) is 1. The lowest BCUT2D eigenvalue weighted by atomic mass is 10.1. The van der Waals surface area contributed by atoms with Crippen molar-refractivity contribution in [1.82, 2.24) is 9.88 Å². The first kappa shape index (κ1) is 16.1. The third-order valence-corrected chi connectivity index (χ3v) is 5.58. The summed E-state index contributed by atoms with van der Waals surface area (Å²) in [6, 6.07) is 14.3. The van der Waals surface area contributed by atoms with Gasteiger partial charge in [-0.15, -0.1) is 11.3 Å². The highest BCUT2D eigenvalue weighted by Gasteiger charge is 2.30. The second kappa shape index (κ2) is 7.23. The Balaban J connectivity index is 1.38. The number of nitrogens with zero attached hydrogens (tertiary/aromatic N) is 2. The highest BCUT2D eigenvalue weighted by atomic mass is 32.1. The van der Waals surface area contributed by atoms with Gasteiger partial charge >= 0.3 is 0 Å². The topological polar surface area (TPSA) is 46.3 Å². The van der Waals surface area contributed by atoms with E-state index < -0.39 is 0 Å². The first-order valence-corrected chi connectivity index (χ1v) is 9.52. The van der Waals surface area contributed by atoms with Gasteiger partial charge in [0.2, 0.25) is 5.91 Å². The van der Waals surface area contributed by atoms with E-state index in [-0.39, 0.29) is 11.9 Å². The van der Waals surface area contributed by atoms with E-state index in [1.807, 2.05) is 35.2 Å². The van der Waals surface area contributed by atoms with Crippen molar-refractivity contribution in [3.8, 4) is 11.3 Å². The van der Waals surface area contributed by atoms with Crippen LogP contribution in [0.5, 0.6) is 0 Å². The van der Waals surface area contributed by atoms with Gasteiger partial charge in [0.25, 0.3) is 0 Å². The maximum atomic E-state index is 12.7. The van der Waals surface area contributed by atoms with Crippen molar-refractivity contribution in [2.24, 2.45) is 0 Å². The Morgan fingerprint density at radius 3 is 2.92 bits per heavy atom. The molecule has 4 nitrogen and oxygen atoms in total. The number of aryl methyl sites for hydroxylation is 1. The second-order valence-electron chi connectivity index (χ2n) is 6.24. The van der Waals surface area contributed by atoms with Crippen LogP contribution in [-0.2, 0) is 11.2 Å². The van der Waals surface area contributed by atoms with Crippen molar-refractivity contribution >= 4 is 17.2 Å². The van der Waals surface area contributed by atoms with Crippen LogP contribution in [-0.4, -0.2) is 22.3 Å². The number of hydrogen-bond acceptors (Lipinski definition) is 4. The smallest absolute Gasteiger partial charge is 0.223 e. The normalized spacial score (nSPS) is 17.1. The molecule has 0 saturated carbocycles. The number of hydrogen-bond donors (Lipinski definition) is 0. The molecule has 0 unspecified atom stereocenters. The minimum Gasteiger partial charge on any atom is -0.441 e. The highest BCUT2D eigenvalue weighted by Crippen LogP contribution is 2.35. The van der Waals surface area contributed by atoms with Crippen LogP contribution in [0.3, 0.4) is 0 Å². The number of benzene rings is 1. The second-order valence-corrected chi connectivity index (χ2v) is 7.22. The van der Waals surface area contributed by atoms with Gasteiger partial charge < -0.3 is 9.32 Å². The maximum absolute atomic E-state index is 12.7. The van der Waals surface area contributed by atoms with E-state index in [4.69, 9.17) is 4.42 Å². The van der Waals surface area contributed by atoms with Gasteiger partial charge in [-0.3, -0.25) is 4.79 Å². The molecule has 0 radical (unpaired) electrons. The van der Waals surface area contributed by atoms with Crippen LogP contribution in [0, 0.1) is 0 Å². The Hall–Kier alpha value is -2.40. The number of carbonyl (C=O) groups is 1. The lowest BCUT2D eigenvalue weighted by molar-refractivity contribution is -0.132. The fraction of sp³-hybridized carbons (Fsp3) is 0.300. The standard InChI is InChI=1S/C20H20N2O2S/c23-20(22-12-4-8-16(22)18-9-5-13-25-18)11-10-19-21-14-17(24-19)15-6-2-1-3-7-15/h1-3,5-7,9,13-14,16H,4,8,10-12H2/t16-/m1/s1. The molecule has 5 heteroatoms. The fourth-order valence-corrected chi connectivity index (χ4v) is 4.23. The molecule has 1 saturated heterocycles. The molecule has 1 atom stereocenters. The van der Waals surface area contributed by atoms with Gasteiger partial charge in [0.15, 0.2) is 11.7 Å². The minimum absolute atomic E-state index is 0.190. The molecule has 1 aromatic carbocycles. The van der Waals surface area contributed by atoms with Crippen molar-refractivity contribution in [3.05, 3.63) is 64.8 Å². The van der Waals surface area contributed by atoms with Gasteiger partial charge in [-0.25, -0.2) is 4.98 Å². The third-order valence-electron chi connectivity index (χ3n) is 4.61. The number of thiophene rings is 1. The molecule has 0 N–H and O–H groups in total. The summed E-state index contributed by atoms with van der Waals surface area (Å²) in [5.41, 5.74) is 1.00. The molecule has 2 aromatic heterocycles. The molecule has 3 heterocycles. The predicted molar refractivity (Wildman–Crippen MR) is 98.3 cm³/mol. The largest absolute Gasteiger partial charge is 0.441 e. The molecule has 25 heavy (non-hydrogen) atoms. The molecule has 1 aliphatic rings. The SMILES string of the molecule is O=C(CCc1ncc(-c2ccccc2)o1)N1CCC[C@@H]1c1cccs1. The van der Waals surface area contributed by atoms with Crippen molar-refractivity contribution < 1.29 is 9.21 Å². The van der Waals surface area contributed by atoms with E-state index >= 15 is 0 Å². The number of oxazole rings is 1. The molecule has 0 spiro atoms. The lowest BCUT2D eigenvalue weighted by Crippen LogP contribution is -2.30. The minimum atomic E-state index is 0.190. The maximum Gasteiger partial charge on any atom is 0.223 e. The third kappa shape index (κ3) is 3.51. The first-order chi connectivity index (χ1) is 12.3. The van der Waals surface area contributed by atoms with Crippen molar-refractivity contribution in [2.75, 3.05) is 6.54 Å². The number of aromatic nitrogens is 1. The van der Waals surface area contributed by atoms with Gasteiger partial charge in [-0.05, 0) is 24.3 Å². The van der Waals surface area contributed by atoms with Crippen molar-refractivity contribution in [2.45, 2.75) is 31.7 Å². The Bertz CT molecular complexity index is 827. The zero-order valence-electron chi connectivity index (χ0n) is 13.9. The van der Waals surface area contributed by atoms with E-state index in [0.29, 0.717) is 18.7 Å². The summed E-state index contributed by atoms with van der Waals surface area (Å²) in [5, 5.41) is 2.08. The Morgan fingerprint density at radius 2 is 2.12 bits per heavy atom. The summed E-state index contributed by atoms with van der Waals surface area (Å²) in [6.45, 7) is 0.849. The predicted octanol–water partition coefficient (Wildman–Crippen LogP) is 4.70. The summed E-state index contributed by atoms with van der Waals surface area (Å²) in [6.07, 6.45) is 4.85. The molecule has 1 fully saturated rings. The molecular formula is C20H20N2O2S. The zero-order valence-corrected chi connectivity index (χ0v) is 14.7. The van der Waals surface area contributed by atoms with Gasteiger partial charge in [0.1, 0.15) is 0 Å². The molecule has 128 valence electrons. The van der Waals surface area contributed by atoms with Gasteiger partial charge in [0.05, 0.1) is 12.2 Å². The van der Waals surface area contributed by atoms with E-state index in [1.54, 1.807) is 17.5 Å². The molecular weight excluding hydrogens is 332 g/mol. The Morgan fingerprint density at radius 1 is 1.24 bits per heavy atom. The average Bonchev–Trinajstić information content (AvgIpc) is 3.41. The van der Waals surface area contributed by atoms with Crippen LogP contribution < -0.4 is 0 Å². The molecule has 1 amide bonds. The molecule has 3 aromatic rings. The first-order valence-electron chi connectivity index (χ1n) is 8.64. The summed E-state index contributed by atoms with van der Waals surface area (Å²) in [5.74, 6) is 1.56. The quantitative estimate of drug-likeness (QED) is 0.669. The van der Waals surface area contributed by atoms with Crippen LogP contribution in [0.25, 0.3) is 11.3 Å². The van der Waals surface area contributed by atoms with Crippen LogP contribution in [0.15, 0.2) is 58.5 Å². The van der Waals surface area contributed by atoms with E-state index in [9.17, 15) is 4.79 Å².